The number of aromatic nitrogens is 1. The second-order valence-electron chi connectivity index (χ2n) is 4.64. The van der Waals surface area contributed by atoms with Gasteiger partial charge >= 0.3 is 0 Å². The van der Waals surface area contributed by atoms with E-state index in [9.17, 15) is 8.42 Å². The normalized spacial score (nSPS) is 11.5. The summed E-state index contributed by atoms with van der Waals surface area (Å²) >= 11 is 0. The molecular formula is C16H14N2O2S. The molecule has 0 saturated carbocycles. The van der Waals surface area contributed by atoms with E-state index in [1.54, 1.807) is 25.2 Å². The van der Waals surface area contributed by atoms with Crippen molar-refractivity contribution >= 4 is 26.5 Å². The van der Waals surface area contributed by atoms with Gasteiger partial charge in [-0.2, -0.15) is 8.42 Å². The van der Waals surface area contributed by atoms with Crippen molar-refractivity contribution in [2.45, 2.75) is 5.03 Å². The van der Waals surface area contributed by atoms with Crippen molar-refractivity contribution < 1.29 is 8.42 Å². The van der Waals surface area contributed by atoms with Crippen LogP contribution < -0.4 is 4.31 Å². The molecule has 0 aliphatic heterocycles. The number of rotatable bonds is 3. The van der Waals surface area contributed by atoms with E-state index in [4.69, 9.17) is 0 Å². The third kappa shape index (κ3) is 2.36. The largest absolute Gasteiger partial charge is 0.281 e. The van der Waals surface area contributed by atoms with E-state index in [1.165, 1.54) is 16.6 Å². The Balaban J connectivity index is 2.15. The minimum absolute atomic E-state index is 0.0421. The van der Waals surface area contributed by atoms with Crippen LogP contribution in [-0.2, 0) is 10.0 Å². The Labute approximate surface area is 123 Å². The highest BCUT2D eigenvalue weighted by molar-refractivity contribution is 7.92. The third-order valence-electron chi connectivity index (χ3n) is 3.37. The quantitative estimate of drug-likeness (QED) is 0.746. The molecule has 2 aromatic carbocycles. The average Bonchev–Trinajstić information content (AvgIpc) is 2.54. The van der Waals surface area contributed by atoms with Crippen LogP contribution in [-0.4, -0.2) is 20.4 Å². The van der Waals surface area contributed by atoms with Crippen molar-refractivity contribution in [3.05, 3.63) is 66.9 Å². The van der Waals surface area contributed by atoms with Gasteiger partial charge in [-0.3, -0.25) is 4.31 Å². The lowest BCUT2D eigenvalue weighted by molar-refractivity contribution is 0.591. The smallest absolute Gasteiger partial charge is 0.267 e. The predicted molar refractivity (Wildman–Crippen MR) is 83.8 cm³/mol. The van der Waals surface area contributed by atoms with Gasteiger partial charge in [-0.25, -0.2) is 4.98 Å². The van der Waals surface area contributed by atoms with Crippen LogP contribution in [0.1, 0.15) is 0 Å². The maximum Gasteiger partial charge on any atom is 0.281 e. The molecule has 0 aliphatic rings. The van der Waals surface area contributed by atoms with Gasteiger partial charge in [0.2, 0.25) is 0 Å². The molecule has 1 heterocycles. The van der Waals surface area contributed by atoms with Gasteiger partial charge in [0.15, 0.2) is 5.03 Å². The Morgan fingerprint density at radius 1 is 0.905 bits per heavy atom. The van der Waals surface area contributed by atoms with Crippen LogP contribution in [0.2, 0.25) is 0 Å². The first-order valence-electron chi connectivity index (χ1n) is 6.48. The molecule has 0 aliphatic carbocycles. The van der Waals surface area contributed by atoms with Gasteiger partial charge in [-0.05, 0) is 23.6 Å². The monoisotopic (exact) mass is 298 g/mol. The molecule has 3 rings (SSSR count). The van der Waals surface area contributed by atoms with Crippen LogP contribution in [0, 0.1) is 0 Å². The molecule has 4 nitrogen and oxygen atoms in total. The van der Waals surface area contributed by atoms with Crippen LogP contribution in [0.25, 0.3) is 10.8 Å². The molecule has 0 saturated heterocycles. The first kappa shape index (κ1) is 13.6. The van der Waals surface area contributed by atoms with Crippen molar-refractivity contribution in [2.75, 3.05) is 11.4 Å². The zero-order chi connectivity index (χ0) is 14.9. The number of benzene rings is 2. The Hall–Kier alpha value is -2.40. The summed E-state index contributed by atoms with van der Waals surface area (Å²) in [5, 5.41) is 1.93. The number of fused-ring (bicyclic) bond motifs is 1. The molecule has 0 atom stereocenters. The molecular weight excluding hydrogens is 284 g/mol. The Kier molecular flexibility index (Phi) is 3.35. The van der Waals surface area contributed by atoms with Crippen LogP contribution in [0.15, 0.2) is 71.9 Å². The Morgan fingerprint density at radius 2 is 1.62 bits per heavy atom. The molecule has 0 unspecified atom stereocenters. The van der Waals surface area contributed by atoms with Gasteiger partial charge in [-0.1, -0.05) is 42.5 Å². The number of anilines is 1. The summed E-state index contributed by atoms with van der Waals surface area (Å²) in [4.78, 5) is 3.95. The Bertz CT molecular complexity index is 872. The van der Waals surface area contributed by atoms with Crippen molar-refractivity contribution in [3.8, 4) is 0 Å². The molecule has 0 bridgehead atoms. The van der Waals surface area contributed by atoms with Crippen molar-refractivity contribution in [3.63, 3.8) is 0 Å². The molecule has 106 valence electrons. The first-order chi connectivity index (χ1) is 10.1. The topological polar surface area (TPSA) is 50.3 Å². The number of pyridine rings is 1. The minimum atomic E-state index is -3.66. The summed E-state index contributed by atoms with van der Waals surface area (Å²) in [7, 11) is -2.11. The molecule has 0 spiro atoms. The van der Waals surface area contributed by atoms with E-state index in [0.717, 1.165) is 10.8 Å². The molecule has 1 aromatic heterocycles. The molecule has 5 heteroatoms. The highest BCUT2D eigenvalue weighted by Gasteiger charge is 2.23. The van der Waals surface area contributed by atoms with Gasteiger partial charge in [0.05, 0.1) is 5.69 Å². The summed E-state index contributed by atoms with van der Waals surface area (Å²) in [5.41, 5.74) is 0.638. The number of hydrogen-bond donors (Lipinski definition) is 0. The minimum Gasteiger partial charge on any atom is -0.267 e. The van der Waals surface area contributed by atoms with E-state index >= 15 is 0 Å². The van der Waals surface area contributed by atoms with E-state index in [-0.39, 0.29) is 5.03 Å². The van der Waals surface area contributed by atoms with Crippen molar-refractivity contribution in [1.29, 1.82) is 0 Å². The maximum atomic E-state index is 12.6. The summed E-state index contributed by atoms with van der Waals surface area (Å²) in [5.74, 6) is 0. The Morgan fingerprint density at radius 3 is 2.38 bits per heavy atom. The van der Waals surface area contributed by atoms with Gasteiger partial charge in [0.1, 0.15) is 0 Å². The SMILES string of the molecule is CN(c1cccc2ccccc12)S(=O)(=O)c1ccccn1. The van der Waals surface area contributed by atoms with E-state index in [0.29, 0.717) is 5.69 Å². The fraction of sp³-hybridized carbons (Fsp3) is 0.0625. The molecule has 21 heavy (non-hydrogen) atoms. The standard InChI is InChI=1S/C16H14N2O2S/c1-18(21(19,20)16-11-4-5-12-17-16)15-10-6-8-13-7-2-3-9-14(13)15/h2-12H,1H3. The summed E-state index contributed by atoms with van der Waals surface area (Å²) in [6, 6.07) is 18.2. The molecule has 0 fully saturated rings. The summed E-state index contributed by atoms with van der Waals surface area (Å²) < 4.78 is 26.6. The highest BCUT2D eigenvalue weighted by atomic mass is 32.2. The van der Waals surface area contributed by atoms with Crippen LogP contribution in [0.5, 0.6) is 0 Å². The fourth-order valence-corrected chi connectivity index (χ4v) is 3.40. The van der Waals surface area contributed by atoms with E-state index in [2.05, 4.69) is 4.98 Å². The van der Waals surface area contributed by atoms with Crippen LogP contribution >= 0.6 is 0 Å². The van der Waals surface area contributed by atoms with Gasteiger partial charge in [0, 0.05) is 18.6 Å². The zero-order valence-corrected chi connectivity index (χ0v) is 12.3. The second-order valence-corrected chi connectivity index (χ2v) is 6.55. The second kappa shape index (κ2) is 5.18. The third-order valence-corrected chi connectivity index (χ3v) is 5.06. The van der Waals surface area contributed by atoms with Gasteiger partial charge in [0.25, 0.3) is 10.0 Å². The lowest BCUT2D eigenvalue weighted by atomic mass is 10.1. The number of hydrogen-bond acceptors (Lipinski definition) is 3. The number of sulfonamides is 1. The molecule has 0 N–H and O–H groups in total. The lowest BCUT2D eigenvalue weighted by Gasteiger charge is -2.20. The number of nitrogens with zero attached hydrogens (tertiary/aromatic N) is 2. The molecule has 3 aromatic rings. The van der Waals surface area contributed by atoms with Crippen LogP contribution in [0.3, 0.4) is 0 Å². The van der Waals surface area contributed by atoms with Gasteiger partial charge < -0.3 is 0 Å². The predicted octanol–water partition coefficient (Wildman–Crippen LogP) is 3.06. The lowest BCUT2D eigenvalue weighted by Crippen LogP contribution is -2.27. The molecule has 0 radical (unpaired) electrons. The summed E-state index contributed by atoms with van der Waals surface area (Å²) in [6.45, 7) is 0. The van der Waals surface area contributed by atoms with Crippen molar-refractivity contribution in [1.82, 2.24) is 4.98 Å². The first-order valence-corrected chi connectivity index (χ1v) is 7.92. The van der Waals surface area contributed by atoms with Crippen LogP contribution in [0.4, 0.5) is 5.69 Å². The average molecular weight is 298 g/mol. The summed E-state index contributed by atoms with van der Waals surface area (Å²) in [6.07, 6.45) is 1.48. The molecule has 0 amide bonds. The van der Waals surface area contributed by atoms with E-state index in [1.807, 2.05) is 36.4 Å². The van der Waals surface area contributed by atoms with Gasteiger partial charge in [-0.15, -0.1) is 0 Å². The van der Waals surface area contributed by atoms with E-state index < -0.39 is 10.0 Å². The van der Waals surface area contributed by atoms with Crippen molar-refractivity contribution in [2.24, 2.45) is 0 Å². The zero-order valence-electron chi connectivity index (χ0n) is 11.5. The highest BCUT2D eigenvalue weighted by Crippen LogP contribution is 2.29. The maximum absolute atomic E-state index is 12.6. The fourth-order valence-electron chi connectivity index (χ4n) is 2.25.